The number of hydrogen-bond acceptors (Lipinski definition) is 4. The van der Waals surface area contributed by atoms with Crippen molar-refractivity contribution in [2.45, 2.75) is 26.4 Å². The smallest absolute Gasteiger partial charge is 0.123 e. The normalized spacial score (nSPS) is 11.4. The van der Waals surface area contributed by atoms with E-state index in [2.05, 4.69) is 41.5 Å². The second-order valence-electron chi connectivity index (χ2n) is 5.19. The van der Waals surface area contributed by atoms with Gasteiger partial charge in [0.1, 0.15) is 11.6 Å². The number of rotatable bonds is 7. The third-order valence-corrected chi connectivity index (χ3v) is 3.23. The third-order valence-electron chi connectivity index (χ3n) is 3.23. The van der Waals surface area contributed by atoms with Gasteiger partial charge in [0, 0.05) is 19.2 Å². The summed E-state index contributed by atoms with van der Waals surface area (Å²) in [6, 6.07) is 6.07. The Labute approximate surface area is 120 Å². The van der Waals surface area contributed by atoms with Gasteiger partial charge in [0.15, 0.2) is 0 Å². The molecule has 2 aromatic rings. The Morgan fingerprint density at radius 2 is 2.15 bits per heavy atom. The fourth-order valence-electron chi connectivity index (χ4n) is 2.17. The van der Waals surface area contributed by atoms with Crippen molar-refractivity contribution in [2.24, 2.45) is 5.73 Å². The van der Waals surface area contributed by atoms with Crippen LogP contribution in [0.4, 0.5) is 0 Å². The van der Waals surface area contributed by atoms with Crippen LogP contribution in [0.5, 0.6) is 5.75 Å². The molecule has 0 fully saturated rings. The molecule has 0 radical (unpaired) electrons. The first-order valence-electron chi connectivity index (χ1n) is 7.12. The number of nitrogens with zero attached hydrogens (tertiary/aromatic N) is 3. The minimum absolute atomic E-state index is 0.452. The zero-order chi connectivity index (χ0) is 14.5. The summed E-state index contributed by atoms with van der Waals surface area (Å²) in [4.78, 5) is 6.77. The summed E-state index contributed by atoms with van der Waals surface area (Å²) in [7, 11) is 4.13. The molecule has 0 saturated carbocycles. The van der Waals surface area contributed by atoms with E-state index in [1.54, 1.807) is 0 Å². The number of imidazole rings is 1. The Balaban J connectivity index is 2.31. The SMILES string of the molecule is CCCOc1ccc2c(c1)nc(CN)n2CCN(C)C. The molecule has 5 nitrogen and oxygen atoms in total. The minimum atomic E-state index is 0.452. The zero-order valence-electron chi connectivity index (χ0n) is 12.6. The Kier molecular flexibility index (Phi) is 4.98. The van der Waals surface area contributed by atoms with Crippen molar-refractivity contribution in [1.82, 2.24) is 14.5 Å². The second-order valence-corrected chi connectivity index (χ2v) is 5.19. The van der Waals surface area contributed by atoms with E-state index in [1.165, 1.54) is 0 Å². The van der Waals surface area contributed by atoms with Gasteiger partial charge in [0.25, 0.3) is 0 Å². The van der Waals surface area contributed by atoms with Crippen molar-refractivity contribution < 1.29 is 4.74 Å². The van der Waals surface area contributed by atoms with Gasteiger partial charge in [-0.05, 0) is 32.6 Å². The van der Waals surface area contributed by atoms with Gasteiger partial charge in [-0.1, -0.05) is 6.92 Å². The van der Waals surface area contributed by atoms with E-state index >= 15 is 0 Å². The highest BCUT2D eigenvalue weighted by Gasteiger charge is 2.10. The maximum Gasteiger partial charge on any atom is 0.123 e. The molecule has 0 bridgehead atoms. The molecule has 0 aliphatic carbocycles. The van der Waals surface area contributed by atoms with Gasteiger partial charge in [-0.3, -0.25) is 0 Å². The van der Waals surface area contributed by atoms with Gasteiger partial charge in [-0.15, -0.1) is 0 Å². The van der Waals surface area contributed by atoms with Crippen molar-refractivity contribution in [3.8, 4) is 5.75 Å². The molecule has 5 heteroatoms. The van der Waals surface area contributed by atoms with Gasteiger partial charge < -0.3 is 19.9 Å². The summed E-state index contributed by atoms with van der Waals surface area (Å²) < 4.78 is 7.85. The first-order chi connectivity index (χ1) is 9.65. The van der Waals surface area contributed by atoms with Crippen molar-refractivity contribution in [2.75, 3.05) is 27.2 Å². The van der Waals surface area contributed by atoms with Crippen LogP contribution in [0.1, 0.15) is 19.2 Å². The number of aromatic nitrogens is 2. The number of likely N-dealkylation sites (N-methyl/N-ethyl adjacent to an activating group) is 1. The van der Waals surface area contributed by atoms with Gasteiger partial charge in [-0.2, -0.15) is 0 Å². The highest BCUT2D eigenvalue weighted by Crippen LogP contribution is 2.22. The van der Waals surface area contributed by atoms with Crippen molar-refractivity contribution in [3.05, 3.63) is 24.0 Å². The molecule has 1 heterocycles. The van der Waals surface area contributed by atoms with E-state index in [-0.39, 0.29) is 0 Å². The van der Waals surface area contributed by atoms with E-state index in [4.69, 9.17) is 10.5 Å². The van der Waals surface area contributed by atoms with Gasteiger partial charge in [0.05, 0.1) is 24.2 Å². The second kappa shape index (κ2) is 6.72. The first kappa shape index (κ1) is 14.8. The van der Waals surface area contributed by atoms with Crippen LogP contribution >= 0.6 is 0 Å². The van der Waals surface area contributed by atoms with Crippen LogP contribution in [0.25, 0.3) is 11.0 Å². The molecule has 0 saturated heterocycles. The summed E-state index contributed by atoms with van der Waals surface area (Å²) in [5.74, 6) is 1.80. The maximum absolute atomic E-state index is 5.81. The van der Waals surface area contributed by atoms with E-state index in [0.29, 0.717) is 6.54 Å². The van der Waals surface area contributed by atoms with Crippen LogP contribution in [0, 0.1) is 0 Å². The average Bonchev–Trinajstić information content (AvgIpc) is 2.79. The molecule has 0 amide bonds. The van der Waals surface area contributed by atoms with Gasteiger partial charge in [0.2, 0.25) is 0 Å². The molecule has 2 rings (SSSR count). The monoisotopic (exact) mass is 276 g/mol. The summed E-state index contributed by atoms with van der Waals surface area (Å²) in [5, 5.41) is 0. The summed E-state index contributed by atoms with van der Waals surface area (Å²) in [6.07, 6.45) is 1.00. The lowest BCUT2D eigenvalue weighted by Crippen LogP contribution is -2.20. The van der Waals surface area contributed by atoms with E-state index < -0.39 is 0 Å². The van der Waals surface area contributed by atoms with Gasteiger partial charge >= 0.3 is 0 Å². The maximum atomic E-state index is 5.81. The molecule has 0 aliphatic heterocycles. The molecule has 1 aromatic heterocycles. The number of benzene rings is 1. The number of ether oxygens (including phenoxy) is 1. The summed E-state index contributed by atoms with van der Waals surface area (Å²) in [6.45, 7) is 5.14. The van der Waals surface area contributed by atoms with Crippen molar-refractivity contribution >= 4 is 11.0 Å². The van der Waals surface area contributed by atoms with Crippen LogP contribution in [-0.2, 0) is 13.1 Å². The van der Waals surface area contributed by atoms with E-state index in [0.717, 1.165) is 48.7 Å². The molecule has 0 spiro atoms. The lowest BCUT2D eigenvalue weighted by atomic mass is 10.3. The predicted octanol–water partition coefficient (Wildman–Crippen LogP) is 1.85. The summed E-state index contributed by atoms with van der Waals surface area (Å²) in [5.41, 5.74) is 7.89. The number of fused-ring (bicyclic) bond motifs is 1. The number of nitrogens with two attached hydrogens (primary N) is 1. The fourth-order valence-corrected chi connectivity index (χ4v) is 2.17. The molecule has 2 N–H and O–H groups in total. The average molecular weight is 276 g/mol. The topological polar surface area (TPSA) is 56.3 Å². The lowest BCUT2D eigenvalue weighted by molar-refractivity contribution is 0.318. The van der Waals surface area contributed by atoms with Crippen LogP contribution in [0.15, 0.2) is 18.2 Å². The highest BCUT2D eigenvalue weighted by molar-refractivity contribution is 5.77. The highest BCUT2D eigenvalue weighted by atomic mass is 16.5. The fraction of sp³-hybridized carbons (Fsp3) is 0.533. The Hall–Kier alpha value is -1.59. The molecule has 0 aliphatic rings. The standard InChI is InChI=1S/C15H24N4O/c1-4-9-20-12-5-6-14-13(10-12)17-15(11-16)19(14)8-7-18(2)3/h5-6,10H,4,7-9,11,16H2,1-3H3. The zero-order valence-corrected chi connectivity index (χ0v) is 12.6. The molecule has 110 valence electrons. The molecule has 20 heavy (non-hydrogen) atoms. The van der Waals surface area contributed by atoms with Crippen LogP contribution < -0.4 is 10.5 Å². The first-order valence-corrected chi connectivity index (χ1v) is 7.12. The van der Waals surface area contributed by atoms with E-state index in [9.17, 15) is 0 Å². The van der Waals surface area contributed by atoms with E-state index in [1.807, 2.05) is 12.1 Å². The minimum Gasteiger partial charge on any atom is -0.494 e. The molecule has 0 atom stereocenters. The van der Waals surface area contributed by atoms with Crippen LogP contribution in [0.2, 0.25) is 0 Å². The Morgan fingerprint density at radius 3 is 2.80 bits per heavy atom. The third kappa shape index (κ3) is 3.29. The summed E-state index contributed by atoms with van der Waals surface area (Å²) >= 11 is 0. The molecule has 0 unspecified atom stereocenters. The predicted molar refractivity (Wildman–Crippen MR) is 82.0 cm³/mol. The lowest BCUT2D eigenvalue weighted by Gasteiger charge is -2.12. The number of hydrogen-bond donors (Lipinski definition) is 1. The van der Waals surface area contributed by atoms with Crippen molar-refractivity contribution in [1.29, 1.82) is 0 Å². The van der Waals surface area contributed by atoms with Crippen LogP contribution in [-0.4, -0.2) is 41.7 Å². The van der Waals surface area contributed by atoms with Crippen molar-refractivity contribution in [3.63, 3.8) is 0 Å². The molecular formula is C15H24N4O. The Morgan fingerprint density at radius 1 is 1.35 bits per heavy atom. The largest absolute Gasteiger partial charge is 0.494 e. The Bertz CT molecular complexity index is 562. The molecule has 1 aromatic carbocycles. The van der Waals surface area contributed by atoms with Gasteiger partial charge in [-0.25, -0.2) is 4.98 Å². The molecular weight excluding hydrogens is 252 g/mol. The quantitative estimate of drug-likeness (QED) is 0.838. The van der Waals surface area contributed by atoms with Crippen LogP contribution in [0.3, 0.4) is 0 Å².